The largest absolute Gasteiger partial charge is 0.310 e. The van der Waals surface area contributed by atoms with Crippen molar-refractivity contribution in [3.05, 3.63) is 234 Å². The van der Waals surface area contributed by atoms with Crippen molar-refractivity contribution in [2.24, 2.45) is 0 Å². The maximum Gasteiger partial charge on any atom is 0.108 e. The van der Waals surface area contributed by atoms with Gasteiger partial charge in [-0.1, -0.05) is 177 Å². The molecule has 1 unspecified atom stereocenters. The lowest BCUT2D eigenvalue weighted by atomic mass is 9.72. The smallest absolute Gasteiger partial charge is 0.108 e. The minimum Gasteiger partial charge on any atom is -0.310 e. The summed E-state index contributed by atoms with van der Waals surface area (Å²) in [4.78, 5) is 2.43. The van der Waals surface area contributed by atoms with E-state index >= 15 is 0 Å². The topological polar surface area (TPSA) is 3.24 Å². The van der Waals surface area contributed by atoms with Gasteiger partial charge in [-0.25, -0.2) is 0 Å². The molecule has 0 spiro atoms. The molecule has 55 heavy (non-hydrogen) atoms. The fraction of sp³-hybridized carbons (Fsp3) is 0.0741. The van der Waals surface area contributed by atoms with Gasteiger partial charge in [0.05, 0.1) is 0 Å². The predicted molar refractivity (Wildman–Crippen MR) is 229 cm³/mol. The molecular formula is C54H39N. The van der Waals surface area contributed by atoms with Gasteiger partial charge in [-0.15, -0.1) is 0 Å². The van der Waals surface area contributed by atoms with Crippen molar-refractivity contribution in [3.8, 4) is 45.2 Å². The molecule has 8 aromatic carbocycles. The van der Waals surface area contributed by atoms with Gasteiger partial charge in [0.2, 0.25) is 0 Å². The number of fused-ring (bicyclic) bond motifs is 6. The maximum atomic E-state index is 3.90. The Balaban J connectivity index is 1.20. The van der Waals surface area contributed by atoms with Crippen LogP contribution in [0.1, 0.15) is 47.2 Å². The van der Waals surface area contributed by atoms with E-state index in [1.165, 1.54) is 55.6 Å². The molecule has 2 aliphatic carbocycles. The van der Waals surface area contributed by atoms with Crippen LogP contribution in [-0.4, -0.2) is 0 Å². The Labute approximate surface area is 324 Å². The Morgan fingerprint density at radius 3 is 1.53 bits per heavy atom. The number of nitrogens with zero attached hydrogens (tertiary/aromatic N) is 1. The second-order valence-electron chi connectivity index (χ2n) is 15.2. The summed E-state index contributed by atoms with van der Waals surface area (Å²) in [6.45, 7) is 4.71. The quantitative estimate of drug-likeness (QED) is 0.162. The molecule has 0 fully saturated rings. The minimum absolute atomic E-state index is 0.125. The van der Waals surface area contributed by atoms with E-state index in [4.69, 9.17) is 0 Å². The van der Waals surface area contributed by atoms with Gasteiger partial charge in [0.15, 0.2) is 0 Å². The normalized spacial score (nSPS) is 15.5. The molecule has 0 N–H and O–H groups in total. The number of hydrogen-bond acceptors (Lipinski definition) is 1. The van der Waals surface area contributed by atoms with Gasteiger partial charge in [0, 0.05) is 28.0 Å². The van der Waals surface area contributed by atoms with Gasteiger partial charge in [0.25, 0.3) is 0 Å². The lowest BCUT2D eigenvalue weighted by molar-refractivity contribution is 0.660. The summed E-state index contributed by atoms with van der Waals surface area (Å²) in [7, 11) is 0. The Morgan fingerprint density at radius 2 is 0.855 bits per heavy atom. The van der Waals surface area contributed by atoms with Crippen LogP contribution in [0.2, 0.25) is 0 Å². The lowest BCUT2D eigenvalue weighted by Crippen LogP contribution is -2.25. The van der Waals surface area contributed by atoms with Crippen molar-refractivity contribution in [3.63, 3.8) is 0 Å². The average molecular weight is 702 g/mol. The van der Waals surface area contributed by atoms with Crippen LogP contribution in [0, 0.1) is 11.8 Å². The summed E-state index contributed by atoms with van der Waals surface area (Å²) < 4.78 is 0. The van der Waals surface area contributed by atoms with Gasteiger partial charge in [-0.3, -0.25) is 0 Å². The van der Waals surface area contributed by atoms with Crippen molar-refractivity contribution < 1.29 is 0 Å². The number of benzene rings is 8. The number of anilines is 3. The van der Waals surface area contributed by atoms with Crippen LogP contribution in [0.25, 0.3) is 33.4 Å². The number of hydrogen-bond donors (Lipinski definition) is 0. The van der Waals surface area contributed by atoms with E-state index in [1.807, 2.05) is 6.07 Å². The highest BCUT2D eigenvalue weighted by atomic mass is 15.1. The van der Waals surface area contributed by atoms with Crippen molar-refractivity contribution in [2.75, 3.05) is 4.90 Å². The van der Waals surface area contributed by atoms with E-state index in [0.29, 0.717) is 0 Å². The zero-order valence-electron chi connectivity index (χ0n) is 31.0. The van der Waals surface area contributed by atoms with Crippen LogP contribution < -0.4 is 4.90 Å². The van der Waals surface area contributed by atoms with E-state index in [9.17, 15) is 0 Å². The Hall–Kier alpha value is -6.88. The van der Waals surface area contributed by atoms with Crippen LogP contribution in [-0.2, 0) is 10.8 Å². The van der Waals surface area contributed by atoms with Crippen LogP contribution in [0.3, 0.4) is 0 Å². The highest BCUT2D eigenvalue weighted by Crippen LogP contribution is 2.55. The first-order chi connectivity index (χ1) is 27.0. The Kier molecular flexibility index (Phi) is 7.68. The molecule has 0 aromatic heterocycles. The van der Waals surface area contributed by atoms with E-state index in [0.717, 1.165) is 28.2 Å². The molecule has 1 heteroatoms. The van der Waals surface area contributed by atoms with Crippen molar-refractivity contribution in [2.45, 2.75) is 24.7 Å². The van der Waals surface area contributed by atoms with E-state index < -0.39 is 5.41 Å². The molecule has 0 aliphatic heterocycles. The monoisotopic (exact) mass is 701 g/mol. The first kappa shape index (κ1) is 32.7. The van der Waals surface area contributed by atoms with Crippen molar-refractivity contribution >= 4 is 17.1 Å². The van der Waals surface area contributed by atoms with E-state index in [2.05, 4.69) is 225 Å². The van der Waals surface area contributed by atoms with Gasteiger partial charge >= 0.3 is 0 Å². The summed E-state index contributed by atoms with van der Waals surface area (Å²) >= 11 is 0. The van der Waals surface area contributed by atoms with Gasteiger partial charge in [0.1, 0.15) is 5.41 Å². The molecule has 0 bridgehead atoms. The molecule has 1 atom stereocenters. The molecule has 10 rings (SSSR count). The fourth-order valence-electron chi connectivity index (χ4n) is 9.01. The second kappa shape index (κ2) is 12.9. The molecule has 1 nitrogen and oxygen atoms in total. The van der Waals surface area contributed by atoms with Crippen LogP contribution in [0.4, 0.5) is 17.1 Å². The third kappa shape index (κ3) is 5.25. The first-order valence-electron chi connectivity index (χ1n) is 19.1. The molecule has 0 saturated heterocycles. The van der Waals surface area contributed by atoms with E-state index in [-0.39, 0.29) is 5.41 Å². The summed E-state index contributed by atoms with van der Waals surface area (Å²) in [5, 5.41) is 0. The van der Waals surface area contributed by atoms with Crippen LogP contribution >= 0.6 is 0 Å². The van der Waals surface area contributed by atoms with Gasteiger partial charge in [-0.2, -0.15) is 0 Å². The Bertz CT molecular complexity index is 2770. The molecule has 0 heterocycles. The summed E-state index contributed by atoms with van der Waals surface area (Å²) in [5.41, 5.74) is 17.3. The number of rotatable bonds is 5. The van der Waals surface area contributed by atoms with Crippen LogP contribution in [0.5, 0.6) is 0 Å². The highest BCUT2D eigenvalue weighted by Gasteiger charge is 2.44. The molecule has 2 aliphatic rings. The van der Waals surface area contributed by atoms with Crippen molar-refractivity contribution in [1.82, 2.24) is 0 Å². The highest BCUT2D eigenvalue weighted by molar-refractivity contribution is 5.91. The third-order valence-corrected chi connectivity index (χ3v) is 11.7. The fourth-order valence-corrected chi connectivity index (χ4v) is 9.01. The SMILES string of the molecule is CC1(C)c2ccccc2-c2ccc(N(c3ccc(-c4ccccc4)cc3)c3ccc4c(c3)C(C#Cc3ccccc3)(c3ccccc3)c3ccccc3-4)cc21. The standard InChI is InChI=1S/C54H39N/c1-53(2)49-24-14-12-22-45(49)47-32-30-43(36-51(47)53)55(42-28-26-40(27-29-42)39-18-8-4-9-19-39)44-31-33-48-46-23-13-15-25-50(46)54(52(48)37-44,41-20-10-5-11-21-41)35-34-38-16-6-3-7-17-38/h3-33,36-37H,1-2H3. The van der Waals surface area contributed by atoms with Gasteiger partial charge in [-0.05, 0) is 110 Å². The lowest BCUT2D eigenvalue weighted by Gasteiger charge is -2.31. The predicted octanol–water partition coefficient (Wildman–Crippen LogP) is 13.5. The van der Waals surface area contributed by atoms with Gasteiger partial charge < -0.3 is 4.90 Å². The molecular weight excluding hydrogens is 663 g/mol. The first-order valence-corrected chi connectivity index (χ1v) is 19.1. The zero-order chi connectivity index (χ0) is 37.0. The minimum atomic E-state index is -0.677. The molecule has 0 amide bonds. The summed E-state index contributed by atoms with van der Waals surface area (Å²) in [5.74, 6) is 7.52. The molecule has 0 saturated carbocycles. The maximum absolute atomic E-state index is 3.90. The summed E-state index contributed by atoms with van der Waals surface area (Å²) in [6, 6.07) is 72.5. The third-order valence-electron chi connectivity index (χ3n) is 11.7. The Morgan fingerprint density at radius 1 is 0.382 bits per heavy atom. The zero-order valence-corrected chi connectivity index (χ0v) is 31.0. The average Bonchev–Trinajstić information content (AvgIpc) is 3.66. The summed E-state index contributed by atoms with van der Waals surface area (Å²) in [6.07, 6.45) is 0. The molecule has 8 aromatic rings. The molecule has 0 radical (unpaired) electrons. The van der Waals surface area contributed by atoms with E-state index in [1.54, 1.807) is 0 Å². The second-order valence-corrected chi connectivity index (χ2v) is 15.2. The molecule has 260 valence electrons. The van der Waals surface area contributed by atoms with Crippen molar-refractivity contribution in [1.29, 1.82) is 0 Å². The van der Waals surface area contributed by atoms with Crippen LogP contribution in [0.15, 0.2) is 200 Å².